The van der Waals surface area contributed by atoms with Crippen LogP contribution in [0.1, 0.15) is 13.8 Å². The third kappa shape index (κ3) is 4.89. The van der Waals surface area contributed by atoms with Gasteiger partial charge in [0.15, 0.2) is 0 Å². The van der Waals surface area contributed by atoms with Crippen LogP contribution in [-0.4, -0.2) is 18.6 Å². The van der Waals surface area contributed by atoms with Crippen molar-refractivity contribution in [2.24, 2.45) is 10.9 Å². The van der Waals surface area contributed by atoms with Crippen molar-refractivity contribution >= 4 is 12.0 Å². The van der Waals surface area contributed by atoms with Crippen molar-refractivity contribution in [3.8, 4) is 0 Å². The molecule has 0 fully saturated rings. The topological polar surface area (TPSA) is 73.9 Å². The number of nitrogens with two attached hydrogens (primary N) is 1. The second-order valence-corrected chi connectivity index (χ2v) is 1.45. The van der Waals surface area contributed by atoms with Gasteiger partial charge in [-0.15, -0.1) is 0 Å². The standard InChI is InChI=1S/C5H10N2O3/c1-3-9-5(6)7-10-4(2)8/h3H2,1-2H3,(H2,6,7). The molecule has 0 aliphatic heterocycles. The van der Waals surface area contributed by atoms with Crippen molar-refractivity contribution < 1.29 is 14.4 Å². The Hall–Kier alpha value is -1.26. The number of carbonyl (C=O) groups is 1. The predicted octanol–water partition coefficient (Wildman–Crippen LogP) is -0.184. The van der Waals surface area contributed by atoms with Gasteiger partial charge in [-0.3, -0.25) is 0 Å². The van der Waals surface area contributed by atoms with Crippen molar-refractivity contribution in [3.63, 3.8) is 0 Å². The average molecular weight is 146 g/mol. The molecule has 0 aliphatic carbocycles. The SMILES string of the molecule is CCO/C(N)=N\OC(C)=O. The van der Waals surface area contributed by atoms with Crippen molar-refractivity contribution in [1.82, 2.24) is 0 Å². The Balaban J connectivity index is 3.57. The molecule has 0 saturated heterocycles. The fraction of sp³-hybridized carbons (Fsp3) is 0.600. The van der Waals surface area contributed by atoms with Crippen molar-refractivity contribution in [3.05, 3.63) is 0 Å². The summed E-state index contributed by atoms with van der Waals surface area (Å²) in [6.45, 7) is 3.37. The highest BCUT2D eigenvalue weighted by atomic mass is 16.7. The average Bonchev–Trinajstić information content (AvgIpc) is 1.85. The van der Waals surface area contributed by atoms with E-state index in [0.717, 1.165) is 0 Å². The summed E-state index contributed by atoms with van der Waals surface area (Å²) in [5, 5.41) is 3.14. The van der Waals surface area contributed by atoms with Crippen molar-refractivity contribution in [1.29, 1.82) is 0 Å². The van der Waals surface area contributed by atoms with Crippen LogP contribution in [0.4, 0.5) is 0 Å². The molecule has 0 spiro atoms. The summed E-state index contributed by atoms with van der Waals surface area (Å²) in [6, 6.07) is -0.141. The van der Waals surface area contributed by atoms with Crippen molar-refractivity contribution in [2.45, 2.75) is 13.8 Å². The fourth-order valence-electron chi connectivity index (χ4n) is 0.283. The van der Waals surface area contributed by atoms with Crippen LogP contribution >= 0.6 is 0 Å². The molecule has 10 heavy (non-hydrogen) atoms. The van der Waals surface area contributed by atoms with Crippen LogP contribution in [0.15, 0.2) is 5.16 Å². The summed E-state index contributed by atoms with van der Waals surface area (Å²) >= 11 is 0. The summed E-state index contributed by atoms with van der Waals surface area (Å²) in [5.41, 5.74) is 5.08. The van der Waals surface area contributed by atoms with Gasteiger partial charge in [-0.25, -0.2) is 4.79 Å². The Morgan fingerprint density at radius 3 is 2.70 bits per heavy atom. The zero-order valence-electron chi connectivity index (χ0n) is 5.96. The van der Waals surface area contributed by atoms with E-state index in [1.54, 1.807) is 6.92 Å². The van der Waals surface area contributed by atoms with Crippen LogP contribution in [-0.2, 0) is 14.4 Å². The summed E-state index contributed by atoms with van der Waals surface area (Å²) < 4.78 is 4.64. The van der Waals surface area contributed by atoms with Gasteiger partial charge in [-0.05, 0) is 12.1 Å². The molecular weight excluding hydrogens is 136 g/mol. The molecule has 5 heteroatoms. The summed E-state index contributed by atoms with van der Waals surface area (Å²) in [7, 11) is 0. The van der Waals surface area contributed by atoms with Gasteiger partial charge in [0.25, 0.3) is 0 Å². The zero-order valence-corrected chi connectivity index (χ0v) is 5.96. The third-order valence-electron chi connectivity index (χ3n) is 0.556. The normalized spacial score (nSPS) is 10.8. The first-order chi connectivity index (χ1) is 4.66. The van der Waals surface area contributed by atoms with E-state index in [1.807, 2.05) is 0 Å². The lowest BCUT2D eigenvalue weighted by molar-refractivity contribution is -0.141. The Bertz CT molecular complexity index is 144. The Morgan fingerprint density at radius 1 is 1.70 bits per heavy atom. The highest BCUT2D eigenvalue weighted by molar-refractivity contribution is 5.72. The number of oxime groups is 1. The van der Waals surface area contributed by atoms with Gasteiger partial charge >= 0.3 is 12.0 Å². The Morgan fingerprint density at radius 2 is 2.30 bits per heavy atom. The molecule has 0 heterocycles. The van der Waals surface area contributed by atoms with Gasteiger partial charge in [0.05, 0.1) is 6.61 Å². The molecule has 0 amide bonds. The first kappa shape index (κ1) is 8.74. The summed E-state index contributed by atoms with van der Waals surface area (Å²) in [5.74, 6) is -0.525. The summed E-state index contributed by atoms with van der Waals surface area (Å²) in [4.78, 5) is 14.3. The van der Waals surface area contributed by atoms with Gasteiger partial charge in [0, 0.05) is 6.92 Å². The minimum Gasteiger partial charge on any atom is -0.464 e. The van der Waals surface area contributed by atoms with Crippen molar-refractivity contribution in [2.75, 3.05) is 6.61 Å². The van der Waals surface area contributed by atoms with Gasteiger partial charge in [-0.1, -0.05) is 0 Å². The van der Waals surface area contributed by atoms with E-state index in [4.69, 9.17) is 5.73 Å². The van der Waals surface area contributed by atoms with Crippen LogP contribution in [0, 0.1) is 0 Å². The molecule has 0 unspecified atom stereocenters. The molecule has 58 valence electrons. The predicted molar refractivity (Wildman–Crippen MR) is 35.0 cm³/mol. The summed E-state index contributed by atoms with van der Waals surface area (Å²) in [6.07, 6.45) is 0. The molecule has 0 saturated carbocycles. The number of nitrogens with zero attached hydrogens (tertiary/aromatic N) is 1. The van der Waals surface area contributed by atoms with E-state index < -0.39 is 5.97 Å². The van der Waals surface area contributed by atoms with E-state index in [1.165, 1.54) is 6.92 Å². The van der Waals surface area contributed by atoms with Crippen LogP contribution in [0.2, 0.25) is 0 Å². The second-order valence-electron chi connectivity index (χ2n) is 1.45. The largest absolute Gasteiger partial charge is 0.464 e. The van der Waals surface area contributed by atoms with Crippen LogP contribution < -0.4 is 5.73 Å². The van der Waals surface area contributed by atoms with Gasteiger partial charge < -0.3 is 15.3 Å². The maximum absolute atomic E-state index is 10.1. The molecule has 0 aromatic carbocycles. The van der Waals surface area contributed by atoms with E-state index in [0.29, 0.717) is 6.61 Å². The van der Waals surface area contributed by atoms with E-state index >= 15 is 0 Å². The number of ether oxygens (including phenoxy) is 1. The molecule has 0 radical (unpaired) electrons. The number of carbonyl (C=O) groups excluding carboxylic acids is 1. The van der Waals surface area contributed by atoms with Crippen LogP contribution in [0.5, 0.6) is 0 Å². The molecule has 5 nitrogen and oxygen atoms in total. The van der Waals surface area contributed by atoms with Crippen LogP contribution in [0.3, 0.4) is 0 Å². The first-order valence-corrected chi connectivity index (χ1v) is 2.80. The maximum Gasteiger partial charge on any atom is 0.332 e. The molecular formula is C5H10N2O3. The monoisotopic (exact) mass is 146 g/mol. The smallest absolute Gasteiger partial charge is 0.332 e. The maximum atomic E-state index is 10.1. The van der Waals surface area contributed by atoms with Gasteiger partial charge in [-0.2, -0.15) is 0 Å². The molecule has 0 aliphatic rings. The lowest BCUT2D eigenvalue weighted by Crippen LogP contribution is -2.16. The number of rotatable bonds is 2. The molecule has 0 aromatic heterocycles. The quantitative estimate of drug-likeness (QED) is 0.254. The fourth-order valence-corrected chi connectivity index (χ4v) is 0.283. The number of hydrogen-bond acceptors (Lipinski definition) is 4. The Labute approximate surface area is 58.8 Å². The van der Waals surface area contributed by atoms with E-state index in [-0.39, 0.29) is 6.02 Å². The molecule has 0 bridgehead atoms. The minimum atomic E-state index is -0.525. The zero-order chi connectivity index (χ0) is 7.98. The molecule has 0 atom stereocenters. The van der Waals surface area contributed by atoms with Crippen LogP contribution in [0.25, 0.3) is 0 Å². The first-order valence-electron chi connectivity index (χ1n) is 2.80. The minimum absolute atomic E-state index is 0.141. The lowest BCUT2D eigenvalue weighted by Gasteiger charge is -1.97. The number of amidine groups is 1. The van der Waals surface area contributed by atoms with Gasteiger partial charge in [0.2, 0.25) is 0 Å². The number of hydrogen-bond donors (Lipinski definition) is 1. The molecule has 0 aromatic rings. The van der Waals surface area contributed by atoms with E-state index in [2.05, 4.69) is 14.7 Å². The van der Waals surface area contributed by atoms with Gasteiger partial charge in [0.1, 0.15) is 0 Å². The lowest BCUT2D eigenvalue weighted by atomic mass is 10.8. The third-order valence-corrected chi connectivity index (χ3v) is 0.556. The van der Waals surface area contributed by atoms with E-state index in [9.17, 15) is 4.79 Å². The molecule has 0 rings (SSSR count). The Kier molecular flexibility index (Phi) is 4.02. The molecule has 2 N–H and O–H groups in total. The second kappa shape index (κ2) is 4.60. The highest BCUT2D eigenvalue weighted by Gasteiger charge is 1.92. The highest BCUT2D eigenvalue weighted by Crippen LogP contribution is 1.79.